The lowest BCUT2D eigenvalue weighted by Gasteiger charge is -2.24. The van der Waals surface area contributed by atoms with Gasteiger partial charge in [-0.15, -0.1) is 0 Å². The third-order valence-corrected chi connectivity index (χ3v) is 4.96. The SMILES string of the molecule is CCC(S)CC(=O)N[C@@H](CC(C)C)C(=O)N[C@@H](Cc1ccccc1)C(=O)NC. The van der Waals surface area contributed by atoms with E-state index >= 15 is 0 Å². The van der Waals surface area contributed by atoms with E-state index < -0.39 is 12.1 Å². The Hall–Kier alpha value is -2.02. The molecule has 3 N–H and O–H groups in total. The van der Waals surface area contributed by atoms with Gasteiger partial charge < -0.3 is 16.0 Å². The summed E-state index contributed by atoms with van der Waals surface area (Å²) in [5.74, 6) is -0.615. The molecule has 0 radical (unpaired) electrons. The number of nitrogens with one attached hydrogen (secondary N) is 3. The van der Waals surface area contributed by atoms with Crippen LogP contribution in [0.1, 0.15) is 45.6 Å². The molecular formula is C21H33N3O3S. The Labute approximate surface area is 173 Å². The summed E-state index contributed by atoms with van der Waals surface area (Å²) in [7, 11) is 1.54. The van der Waals surface area contributed by atoms with Gasteiger partial charge >= 0.3 is 0 Å². The summed E-state index contributed by atoms with van der Waals surface area (Å²) >= 11 is 4.35. The maximum Gasteiger partial charge on any atom is 0.243 e. The zero-order valence-corrected chi connectivity index (χ0v) is 18.1. The number of likely N-dealkylation sites (N-methyl/N-ethyl adjacent to an activating group) is 1. The molecule has 3 atom stereocenters. The molecule has 0 saturated carbocycles. The molecular weight excluding hydrogens is 374 g/mol. The van der Waals surface area contributed by atoms with Gasteiger partial charge in [-0.1, -0.05) is 51.1 Å². The minimum Gasteiger partial charge on any atom is -0.357 e. The van der Waals surface area contributed by atoms with Crippen LogP contribution in [0, 0.1) is 5.92 Å². The summed E-state index contributed by atoms with van der Waals surface area (Å²) in [5.41, 5.74) is 0.946. The van der Waals surface area contributed by atoms with Gasteiger partial charge in [0.05, 0.1) is 0 Å². The second kappa shape index (κ2) is 12.4. The fourth-order valence-electron chi connectivity index (χ4n) is 2.82. The van der Waals surface area contributed by atoms with E-state index in [1.165, 1.54) is 7.05 Å². The number of benzene rings is 1. The van der Waals surface area contributed by atoms with Gasteiger partial charge in [-0.3, -0.25) is 14.4 Å². The highest BCUT2D eigenvalue weighted by Gasteiger charge is 2.27. The van der Waals surface area contributed by atoms with Gasteiger partial charge in [-0.05, 0) is 24.3 Å². The van der Waals surface area contributed by atoms with Crippen LogP contribution in [0.5, 0.6) is 0 Å². The van der Waals surface area contributed by atoms with Crippen molar-refractivity contribution in [2.24, 2.45) is 5.92 Å². The van der Waals surface area contributed by atoms with Crippen LogP contribution in [0.15, 0.2) is 30.3 Å². The summed E-state index contributed by atoms with van der Waals surface area (Å²) < 4.78 is 0. The minimum atomic E-state index is -0.709. The number of hydrogen-bond donors (Lipinski definition) is 4. The average Bonchev–Trinajstić information content (AvgIpc) is 2.66. The van der Waals surface area contributed by atoms with Crippen molar-refractivity contribution >= 4 is 30.4 Å². The number of amides is 3. The molecule has 0 aromatic heterocycles. The second-order valence-corrected chi connectivity index (χ2v) is 8.11. The third kappa shape index (κ3) is 8.78. The molecule has 0 spiro atoms. The van der Waals surface area contributed by atoms with Crippen molar-refractivity contribution in [1.82, 2.24) is 16.0 Å². The summed E-state index contributed by atoms with van der Waals surface area (Å²) in [4.78, 5) is 37.4. The first-order chi connectivity index (χ1) is 13.3. The number of thiol groups is 1. The lowest BCUT2D eigenvalue weighted by atomic mass is 10.0. The molecule has 0 bridgehead atoms. The maximum absolute atomic E-state index is 12.9. The molecule has 1 aromatic carbocycles. The molecule has 7 heteroatoms. The Morgan fingerprint density at radius 2 is 1.64 bits per heavy atom. The van der Waals surface area contributed by atoms with Crippen molar-refractivity contribution in [3.05, 3.63) is 35.9 Å². The largest absolute Gasteiger partial charge is 0.357 e. The minimum absolute atomic E-state index is 0.0422. The van der Waals surface area contributed by atoms with Gasteiger partial charge in [-0.25, -0.2) is 0 Å². The van der Waals surface area contributed by atoms with E-state index in [1.54, 1.807) is 0 Å². The molecule has 6 nitrogen and oxygen atoms in total. The zero-order valence-electron chi connectivity index (χ0n) is 17.2. The van der Waals surface area contributed by atoms with E-state index in [1.807, 2.05) is 51.1 Å². The number of rotatable bonds is 11. The number of carbonyl (C=O) groups is 3. The lowest BCUT2D eigenvalue weighted by molar-refractivity contribution is -0.132. The first-order valence-electron chi connectivity index (χ1n) is 9.80. The van der Waals surface area contributed by atoms with E-state index in [-0.39, 0.29) is 35.3 Å². The molecule has 0 fully saturated rings. The standard InChI is InChI=1S/C21H33N3O3S/c1-5-16(28)13-19(25)23-17(11-14(2)3)21(27)24-18(20(26)22-4)12-15-9-7-6-8-10-15/h6-10,14,16-18,28H,5,11-13H2,1-4H3,(H,22,26)(H,23,25)(H,24,27)/t16?,17-,18-/m0/s1. The quantitative estimate of drug-likeness (QED) is 0.424. The highest BCUT2D eigenvalue weighted by atomic mass is 32.1. The Morgan fingerprint density at radius 3 is 2.18 bits per heavy atom. The summed E-state index contributed by atoms with van der Waals surface area (Å²) in [6.45, 7) is 5.93. The maximum atomic E-state index is 12.9. The molecule has 0 heterocycles. The van der Waals surface area contributed by atoms with Crippen LogP contribution in [0.3, 0.4) is 0 Å². The van der Waals surface area contributed by atoms with E-state index in [2.05, 4.69) is 28.6 Å². The summed E-state index contributed by atoms with van der Waals surface area (Å²) in [6.07, 6.45) is 1.90. The average molecular weight is 408 g/mol. The van der Waals surface area contributed by atoms with Crippen molar-refractivity contribution in [1.29, 1.82) is 0 Å². The molecule has 1 rings (SSSR count). The topological polar surface area (TPSA) is 87.3 Å². The van der Waals surface area contributed by atoms with Gasteiger partial charge in [0.15, 0.2) is 0 Å². The predicted octanol–water partition coefficient (Wildman–Crippen LogP) is 2.09. The molecule has 1 unspecified atom stereocenters. The first-order valence-corrected chi connectivity index (χ1v) is 10.3. The molecule has 3 amide bonds. The van der Waals surface area contributed by atoms with Gasteiger partial charge in [0.25, 0.3) is 0 Å². The Bertz CT molecular complexity index is 637. The van der Waals surface area contributed by atoms with Crippen LogP contribution in [0.4, 0.5) is 0 Å². The smallest absolute Gasteiger partial charge is 0.243 e. The van der Waals surface area contributed by atoms with Crippen LogP contribution in [0.2, 0.25) is 0 Å². The molecule has 0 aliphatic carbocycles. The van der Waals surface area contributed by atoms with Crippen molar-refractivity contribution in [3.8, 4) is 0 Å². The Morgan fingerprint density at radius 1 is 1.00 bits per heavy atom. The van der Waals surface area contributed by atoms with Crippen LogP contribution in [0.25, 0.3) is 0 Å². The third-order valence-electron chi connectivity index (χ3n) is 4.41. The number of carbonyl (C=O) groups excluding carboxylic acids is 3. The zero-order chi connectivity index (χ0) is 21.1. The van der Waals surface area contributed by atoms with Crippen LogP contribution >= 0.6 is 12.6 Å². The summed E-state index contributed by atoms with van der Waals surface area (Å²) in [5, 5.41) is 8.17. The fraction of sp³-hybridized carbons (Fsp3) is 0.571. The molecule has 0 saturated heterocycles. The Balaban J connectivity index is 2.85. The molecule has 0 aliphatic heterocycles. The van der Waals surface area contributed by atoms with Crippen LogP contribution in [-0.4, -0.2) is 42.1 Å². The number of hydrogen-bond acceptors (Lipinski definition) is 4. The van der Waals surface area contributed by atoms with Crippen molar-refractivity contribution < 1.29 is 14.4 Å². The van der Waals surface area contributed by atoms with Gasteiger partial charge in [0, 0.05) is 25.1 Å². The van der Waals surface area contributed by atoms with E-state index in [9.17, 15) is 14.4 Å². The normalized spacial score (nSPS) is 14.1. The molecule has 1 aromatic rings. The molecule has 156 valence electrons. The van der Waals surface area contributed by atoms with Crippen molar-refractivity contribution in [3.63, 3.8) is 0 Å². The van der Waals surface area contributed by atoms with Crippen molar-refractivity contribution in [2.45, 2.75) is 63.8 Å². The highest BCUT2D eigenvalue weighted by Crippen LogP contribution is 2.10. The lowest BCUT2D eigenvalue weighted by Crippen LogP contribution is -2.54. The monoisotopic (exact) mass is 407 g/mol. The van der Waals surface area contributed by atoms with Gasteiger partial charge in [0.2, 0.25) is 17.7 Å². The molecule has 0 aliphatic rings. The predicted molar refractivity (Wildman–Crippen MR) is 115 cm³/mol. The van der Waals surface area contributed by atoms with E-state index in [4.69, 9.17) is 0 Å². The highest BCUT2D eigenvalue weighted by molar-refractivity contribution is 7.81. The molecule has 28 heavy (non-hydrogen) atoms. The fourth-order valence-corrected chi connectivity index (χ4v) is 2.99. The van der Waals surface area contributed by atoms with Crippen LogP contribution < -0.4 is 16.0 Å². The van der Waals surface area contributed by atoms with E-state index in [0.29, 0.717) is 12.8 Å². The van der Waals surface area contributed by atoms with Gasteiger partial charge in [0.1, 0.15) is 12.1 Å². The van der Waals surface area contributed by atoms with Crippen LogP contribution in [-0.2, 0) is 20.8 Å². The first kappa shape index (κ1) is 24.0. The van der Waals surface area contributed by atoms with Gasteiger partial charge in [-0.2, -0.15) is 12.6 Å². The van der Waals surface area contributed by atoms with E-state index in [0.717, 1.165) is 12.0 Å². The second-order valence-electron chi connectivity index (χ2n) is 7.38. The van der Waals surface area contributed by atoms with Crippen molar-refractivity contribution in [2.75, 3.05) is 7.05 Å². The Kier molecular flexibility index (Phi) is 10.7. The summed E-state index contributed by atoms with van der Waals surface area (Å²) in [6, 6.07) is 8.10.